The quantitative estimate of drug-likeness (QED) is 0.763. The normalized spacial score (nSPS) is 10.0. The van der Waals surface area contributed by atoms with Gasteiger partial charge in [0, 0.05) is 29.7 Å². The molecule has 2 aromatic heterocycles. The van der Waals surface area contributed by atoms with Gasteiger partial charge in [0.1, 0.15) is 6.54 Å². The molecule has 0 aliphatic rings. The Bertz CT molecular complexity index is 513. The van der Waals surface area contributed by atoms with E-state index < -0.39 is 0 Å². The molecule has 0 aromatic carbocycles. The second-order valence-electron chi connectivity index (χ2n) is 3.23. The fourth-order valence-electron chi connectivity index (χ4n) is 1.46. The van der Waals surface area contributed by atoms with Crippen molar-refractivity contribution >= 4 is 11.6 Å². The van der Waals surface area contributed by atoms with Crippen LogP contribution in [-0.2, 0) is 12.4 Å². The fraction of sp³-hybridized carbons (Fsp3) is 0.182. The fourth-order valence-corrected chi connectivity index (χ4v) is 1.66. The molecule has 16 heavy (non-hydrogen) atoms. The first-order valence-electron chi connectivity index (χ1n) is 4.75. The van der Waals surface area contributed by atoms with E-state index in [9.17, 15) is 0 Å². The standard InChI is InChI=1S/C11H9ClN4/c12-6-10-8-16(5-3-13)15-11(10)9-2-1-4-14-7-9/h1-2,4,7-8H,5-6H2. The van der Waals surface area contributed by atoms with Crippen LogP contribution in [0.25, 0.3) is 11.3 Å². The molecule has 0 aliphatic carbocycles. The van der Waals surface area contributed by atoms with Gasteiger partial charge in [0.2, 0.25) is 0 Å². The molecule has 0 fully saturated rings. The predicted octanol–water partition coefficient (Wildman–Crippen LogP) is 2.21. The summed E-state index contributed by atoms with van der Waals surface area (Å²) in [7, 11) is 0. The minimum atomic E-state index is 0.226. The maximum Gasteiger partial charge on any atom is 0.128 e. The van der Waals surface area contributed by atoms with Crippen LogP contribution in [0.5, 0.6) is 0 Å². The largest absolute Gasteiger partial charge is 0.264 e. The third-order valence-electron chi connectivity index (χ3n) is 2.15. The van der Waals surface area contributed by atoms with E-state index in [4.69, 9.17) is 16.9 Å². The first-order chi connectivity index (χ1) is 7.85. The van der Waals surface area contributed by atoms with Gasteiger partial charge >= 0.3 is 0 Å². The lowest BCUT2D eigenvalue weighted by Crippen LogP contribution is -1.95. The number of aromatic nitrogens is 3. The molecule has 0 unspecified atom stereocenters. The number of hydrogen-bond donors (Lipinski definition) is 0. The average molecular weight is 233 g/mol. The molecule has 4 nitrogen and oxygen atoms in total. The summed E-state index contributed by atoms with van der Waals surface area (Å²) in [5.41, 5.74) is 2.61. The van der Waals surface area contributed by atoms with Crippen molar-refractivity contribution in [3.05, 3.63) is 36.3 Å². The lowest BCUT2D eigenvalue weighted by Gasteiger charge is -1.97. The molecule has 0 aliphatic heterocycles. The van der Waals surface area contributed by atoms with Crippen LogP contribution in [0.2, 0.25) is 0 Å². The summed E-state index contributed by atoms with van der Waals surface area (Å²) >= 11 is 5.84. The molecule has 0 spiro atoms. The molecule has 80 valence electrons. The Balaban J connectivity index is 2.44. The highest BCUT2D eigenvalue weighted by atomic mass is 35.5. The maximum absolute atomic E-state index is 8.61. The average Bonchev–Trinajstić information content (AvgIpc) is 2.74. The van der Waals surface area contributed by atoms with Crippen molar-refractivity contribution in [1.82, 2.24) is 14.8 Å². The molecular formula is C11H9ClN4. The molecule has 0 atom stereocenters. The van der Waals surface area contributed by atoms with E-state index in [0.717, 1.165) is 16.8 Å². The van der Waals surface area contributed by atoms with E-state index in [1.807, 2.05) is 18.2 Å². The number of nitriles is 1. The Kier molecular flexibility index (Phi) is 3.18. The van der Waals surface area contributed by atoms with Crippen LogP contribution >= 0.6 is 11.6 Å². The van der Waals surface area contributed by atoms with Gasteiger partial charge in [-0.25, -0.2) is 0 Å². The summed E-state index contributed by atoms with van der Waals surface area (Å²) in [5, 5.41) is 12.9. The highest BCUT2D eigenvalue weighted by Gasteiger charge is 2.09. The van der Waals surface area contributed by atoms with Crippen molar-refractivity contribution < 1.29 is 0 Å². The van der Waals surface area contributed by atoms with E-state index in [0.29, 0.717) is 5.88 Å². The van der Waals surface area contributed by atoms with Crippen LogP contribution in [0.3, 0.4) is 0 Å². The summed E-state index contributed by atoms with van der Waals surface area (Å²) in [4.78, 5) is 4.03. The number of halogens is 1. The number of pyridine rings is 1. The van der Waals surface area contributed by atoms with Crippen LogP contribution in [0.4, 0.5) is 0 Å². The van der Waals surface area contributed by atoms with Crippen LogP contribution in [-0.4, -0.2) is 14.8 Å². The lowest BCUT2D eigenvalue weighted by molar-refractivity contribution is 0.712. The molecule has 0 amide bonds. The van der Waals surface area contributed by atoms with E-state index in [2.05, 4.69) is 10.1 Å². The van der Waals surface area contributed by atoms with Crippen LogP contribution in [0, 0.1) is 11.3 Å². The Labute approximate surface area is 98.1 Å². The van der Waals surface area contributed by atoms with Gasteiger partial charge in [-0.2, -0.15) is 10.4 Å². The van der Waals surface area contributed by atoms with Crippen molar-refractivity contribution in [3.8, 4) is 17.3 Å². The molecule has 0 N–H and O–H groups in total. The molecule has 2 rings (SSSR count). The Hall–Kier alpha value is -1.86. The zero-order valence-corrected chi connectivity index (χ0v) is 9.22. The first kappa shape index (κ1) is 10.7. The number of alkyl halides is 1. The van der Waals surface area contributed by atoms with E-state index in [-0.39, 0.29) is 6.54 Å². The van der Waals surface area contributed by atoms with E-state index in [1.165, 1.54) is 0 Å². The van der Waals surface area contributed by atoms with Gasteiger partial charge in [0.15, 0.2) is 0 Å². The van der Waals surface area contributed by atoms with Crippen LogP contribution < -0.4 is 0 Å². The van der Waals surface area contributed by atoms with Gasteiger partial charge in [-0.15, -0.1) is 11.6 Å². The molecule has 0 saturated carbocycles. The van der Waals surface area contributed by atoms with Gasteiger partial charge < -0.3 is 0 Å². The van der Waals surface area contributed by atoms with Gasteiger partial charge in [-0.3, -0.25) is 9.67 Å². The second-order valence-corrected chi connectivity index (χ2v) is 3.50. The molecule has 0 bridgehead atoms. The third kappa shape index (κ3) is 2.05. The Morgan fingerprint density at radius 2 is 2.38 bits per heavy atom. The monoisotopic (exact) mass is 232 g/mol. The zero-order chi connectivity index (χ0) is 11.4. The highest BCUT2D eigenvalue weighted by Crippen LogP contribution is 2.22. The van der Waals surface area contributed by atoms with Crippen molar-refractivity contribution in [3.63, 3.8) is 0 Å². The summed E-state index contributed by atoms with van der Waals surface area (Å²) in [6.45, 7) is 0.226. The topological polar surface area (TPSA) is 54.5 Å². The molecule has 2 aromatic rings. The Morgan fingerprint density at radius 3 is 3.00 bits per heavy atom. The predicted molar refractivity (Wildman–Crippen MR) is 60.6 cm³/mol. The number of hydrogen-bond acceptors (Lipinski definition) is 3. The number of rotatable bonds is 3. The SMILES string of the molecule is N#CCn1cc(CCl)c(-c2cccnc2)n1. The second kappa shape index (κ2) is 4.77. The lowest BCUT2D eigenvalue weighted by atomic mass is 10.1. The van der Waals surface area contributed by atoms with Crippen molar-refractivity contribution in [1.29, 1.82) is 5.26 Å². The van der Waals surface area contributed by atoms with E-state index >= 15 is 0 Å². The zero-order valence-electron chi connectivity index (χ0n) is 8.47. The Morgan fingerprint density at radius 1 is 1.50 bits per heavy atom. The first-order valence-corrected chi connectivity index (χ1v) is 5.28. The van der Waals surface area contributed by atoms with Crippen molar-refractivity contribution in [2.75, 3.05) is 0 Å². The smallest absolute Gasteiger partial charge is 0.128 e. The molecule has 0 saturated heterocycles. The minimum Gasteiger partial charge on any atom is -0.264 e. The third-order valence-corrected chi connectivity index (χ3v) is 2.44. The van der Waals surface area contributed by atoms with Gasteiger partial charge in [0.05, 0.1) is 17.6 Å². The van der Waals surface area contributed by atoms with Crippen molar-refractivity contribution in [2.24, 2.45) is 0 Å². The molecule has 2 heterocycles. The molecule has 0 radical (unpaired) electrons. The highest BCUT2D eigenvalue weighted by molar-refractivity contribution is 6.17. The maximum atomic E-state index is 8.61. The van der Waals surface area contributed by atoms with Gasteiger partial charge in [-0.1, -0.05) is 0 Å². The summed E-state index contributed by atoms with van der Waals surface area (Å²) in [5.74, 6) is 0.371. The summed E-state index contributed by atoms with van der Waals surface area (Å²) < 4.78 is 1.58. The minimum absolute atomic E-state index is 0.226. The van der Waals surface area contributed by atoms with Gasteiger partial charge in [-0.05, 0) is 12.1 Å². The van der Waals surface area contributed by atoms with Gasteiger partial charge in [0.25, 0.3) is 0 Å². The van der Waals surface area contributed by atoms with Crippen LogP contribution in [0.1, 0.15) is 5.56 Å². The van der Waals surface area contributed by atoms with E-state index in [1.54, 1.807) is 23.3 Å². The summed E-state index contributed by atoms with van der Waals surface area (Å²) in [6, 6.07) is 5.80. The molecule has 5 heteroatoms. The van der Waals surface area contributed by atoms with Crippen LogP contribution in [0.15, 0.2) is 30.7 Å². The van der Waals surface area contributed by atoms with Crippen molar-refractivity contribution in [2.45, 2.75) is 12.4 Å². The summed E-state index contributed by atoms with van der Waals surface area (Å²) in [6.07, 6.45) is 5.23. The molecular weight excluding hydrogens is 224 g/mol. The number of nitrogens with zero attached hydrogens (tertiary/aromatic N) is 4.